The monoisotopic (exact) mass is 206 g/mol. The maximum absolute atomic E-state index is 10.5. The average Bonchev–Trinajstić information content (AvgIpc) is 2.31. The SMILES string of the molecule is O=CC1COC(Cc2ccccc2)OC1. The van der Waals surface area contributed by atoms with Gasteiger partial charge in [0.2, 0.25) is 0 Å². The molecule has 1 aliphatic heterocycles. The fourth-order valence-corrected chi connectivity index (χ4v) is 1.56. The Kier molecular flexibility index (Phi) is 3.48. The quantitative estimate of drug-likeness (QED) is 0.701. The predicted octanol–water partition coefficient (Wildman–Crippen LogP) is 1.42. The number of hydrogen-bond acceptors (Lipinski definition) is 3. The minimum Gasteiger partial charge on any atom is -0.351 e. The number of benzene rings is 1. The Labute approximate surface area is 89.0 Å². The van der Waals surface area contributed by atoms with Crippen LogP contribution in [0, 0.1) is 5.92 Å². The molecule has 0 radical (unpaired) electrons. The van der Waals surface area contributed by atoms with E-state index in [0.29, 0.717) is 13.2 Å². The second-order valence-electron chi connectivity index (χ2n) is 3.68. The van der Waals surface area contributed by atoms with Gasteiger partial charge in [-0.2, -0.15) is 0 Å². The van der Waals surface area contributed by atoms with E-state index in [1.165, 1.54) is 5.56 Å². The number of aldehydes is 1. The van der Waals surface area contributed by atoms with Gasteiger partial charge in [-0.25, -0.2) is 0 Å². The zero-order valence-corrected chi connectivity index (χ0v) is 8.46. The summed E-state index contributed by atoms with van der Waals surface area (Å²) in [5.41, 5.74) is 1.19. The van der Waals surface area contributed by atoms with Crippen molar-refractivity contribution in [2.75, 3.05) is 13.2 Å². The highest BCUT2D eigenvalue weighted by Gasteiger charge is 2.21. The van der Waals surface area contributed by atoms with Gasteiger partial charge in [-0.3, -0.25) is 0 Å². The molecule has 3 nitrogen and oxygen atoms in total. The second-order valence-corrected chi connectivity index (χ2v) is 3.68. The minimum atomic E-state index is -0.205. The molecule has 1 saturated heterocycles. The molecule has 0 bridgehead atoms. The van der Waals surface area contributed by atoms with Gasteiger partial charge in [-0.1, -0.05) is 30.3 Å². The Morgan fingerprint density at radius 1 is 1.20 bits per heavy atom. The first-order valence-corrected chi connectivity index (χ1v) is 5.11. The first-order chi connectivity index (χ1) is 7.38. The highest BCUT2D eigenvalue weighted by Crippen LogP contribution is 2.13. The van der Waals surface area contributed by atoms with Crippen molar-refractivity contribution in [3.05, 3.63) is 35.9 Å². The molecule has 1 aromatic carbocycles. The topological polar surface area (TPSA) is 35.5 Å². The van der Waals surface area contributed by atoms with Gasteiger partial charge in [0, 0.05) is 6.42 Å². The summed E-state index contributed by atoms with van der Waals surface area (Å²) in [5, 5.41) is 0. The second kappa shape index (κ2) is 5.05. The van der Waals surface area contributed by atoms with Crippen LogP contribution in [0.25, 0.3) is 0 Å². The molecule has 3 heteroatoms. The van der Waals surface area contributed by atoms with Crippen LogP contribution in [-0.4, -0.2) is 25.8 Å². The zero-order chi connectivity index (χ0) is 10.5. The number of ether oxygens (including phenoxy) is 2. The lowest BCUT2D eigenvalue weighted by molar-refractivity contribution is -0.196. The molecule has 1 aliphatic rings. The largest absolute Gasteiger partial charge is 0.351 e. The lowest BCUT2D eigenvalue weighted by Crippen LogP contribution is -2.34. The van der Waals surface area contributed by atoms with Gasteiger partial charge in [-0.05, 0) is 5.56 Å². The van der Waals surface area contributed by atoms with Crippen molar-refractivity contribution in [1.29, 1.82) is 0 Å². The fourth-order valence-electron chi connectivity index (χ4n) is 1.56. The Balaban J connectivity index is 1.85. The normalized spacial score (nSPS) is 26.1. The van der Waals surface area contributed by atoms with Crippen LogP contribution in [0.3, 0.4) is 0 Å². The van der Waals surface area contributed by atoms with Crippen LogP contribution in [0.4, 0.5) is 0 Å². The maximum atomic E-state index is 10.5. The van der Waals surface area contributed by atoms with Crippen molar-refractivity contribution < 1.29 is 14.3 Å². The molecule has 15 heavy (non-hydrogen) atoms. The minimum absolute atomic E-state index is 0.1000. The van der Waals surface area contributed by atoms with E-state index in [-0.39, 0.29) is 12.2 Å². The van der Waals surface area contributed by atoms with Crippen LogP contribution in [0.2, 0.25) is 0 Å². The van der Waals surface area contributed by atoms with E-state index in [0.717, 1.165) is 12.7 Å². The molecule has 0 unspecified atom stereocenters. The fraction of sp³-hybridized carbons (Fsp3) is 0.417. The summed E-state index contributed by atoms with van der Waals surface area (Å²) >= 11 is 0. The van der Waals surface area contributed by atoms with Gasteiger partial charge in [0.25, 0.3) is 0 Å². The molecule has 80 valence electrons. The molecule has 2 rings (SSSR count). The van der Waals surface area contributed by atoms with Gasteiger partial charge < -0.3 is 14.3 Å². The van der Waals surface area contributed by atoms with Crippen molar-refractivity contribution in [3.63, 3.8) is 0 Å². The van der Waals surface area contributed by atoms with E-state index in [1.54, 1.807) is 0 Å². The first kappa shape index (κ1) is 10.3. The van der Waals surface area contributed by atoms with Gasteiger partial charge in [0.15, 0.2) is 6.29 Å². The highest BCUT2D eigenvalue weighted by molar-refractivity contribution is 5.53. The summed E-state index contributed by atoms with van der Waals surface area (Å²) < 4.78 is 10.9. The van der Waals surface area contributed by atoms with Gasteiger partial charge >= 0.3 is 0 Å². The highest BCUT2D eigenvalue weighted by atomic mass is 16.7. The van der Waals surface area contributed by atoms with E-state index in [1.807, 2.05) is 30.3 Å². The molecule has 1 fully saturated rings. The number of hydrogen-bond donors (Lipinski definition) is 0. The van der Waals surface area contributed by atoms with Crippen molar-refractivity contribution >= 4 is 6.29 Å². The molecule has 0 amide bonds. The van der Waals surface area contributed by atoms with Gasteiger partial charge in [0.05, 0.1) is 19.1 Å². The Bertz CT molecular complexity index is 302. The molecule has 0 atom stereocenters. The van der Waals surface area contributed by atoms with Crippen LogP contribution in [0.1, 0.15) is 5.56 Å². The summed E-state index contributed by atoms with van der Waals surface area (Å²) in [5.74, 6) is -0.1000. The van der Waals surface area contributed by atoms with E-state index >= 15 is 0 Å². The molecule has 1 aromatic rings. The van der Waals surface area contributed by atoms with Crippen molar-refractivity contribution in [3.8, 4) is 0 Å². The summed E-state index contributed by atoms with van der Waals surface area (Å²) in [4.78, 5) is 10.5. The van der Waals surface area contributed by atoms with Crippen LogP contribution in [0.15, 0.2) is 30.3 Å². The average molecular weight is 206 g/mol. The summed E-state index contributed by atoms with van der Waals surface area (Å²) in [7, 11) is 0. The van der Waals surface area contributed by atoms with E-state index in [2.05, 4.69) is 0 Å². The zero-order valence-electron chi connectivity index (χ0n) is 8.46. The van der Waals surface area contributed by atoms with Gasteiger partial charge in [-0.15, -0.1) is 0 Å². The van der Waals surface area contributed by atoms with Crippen LogP contribution < -0.4 is 0 Å². The molecular formula is C12H14O3. The lowest BCUT2D eigenvalue weighted by Gasteiger charge is -2.26. The van der Waals surface area contributed by atoms with Gasteiger partial charge in [0.1, 0.15) is 6.29 Å². The molecule has 0 aromatic heterocycles. The lowest BCUT2D eigenvalue weighted by atomic mass is 10.1. The molecule has 1 heterocycles. The predicted molar refractivity (Wildman–Crippen MR) is 55.4 cm³/mol. The first-order valence-electron chi connectivity index (χ1n) is 5.11. The third kappa shape index (κ3) is 2.88. The third-order valence-corrected chi connectivity index (χ3v) is 2.43. The van der Waals surface area contributed by atoms with Crippen molar-refractivity contribution in [2.24, 2.45) is 5.92 Å². The van der Waals surface area contributed by atoms with E-state index in [4.69, 9.17) is 9.47 Å². The van der Waals surface area contributed by atoms with Crippen LogP contribution in [-0.2, 0) is 20.7 Å². The smallest absolute Gasteiger partial charge is 0.161 e. The van der Waals surface area contributed by atoms with Crippen molar-refractivity contribution in [1.82, 2.24) is 0 Å². The summed E-state index contributed by atoms with van der Waals surface area (Å²) in [6.45, 7) is 0.946. The standard InChI is InChI=1S/C12H14O3/c13-7-11-8-14-12(15-9-11)6-10-4-2-1-3-5-10/h1-5,7,11-12H,6,8-9H2. The molecule has 0 saturated carbocycles. The number of carbonyl (C=O) groups is 1. The van der Waals surface area contributed by atoms with Crippen molar-refractivity contribution in [2.45, 2.75) is 12.7 Å². The van der Waals surface area contributed by atoms with Crippen LogP contribution >= 0.6 is 0 Å². The maximum Gasteiger partial charge on any atom is 0.161 e. The van der Waals surface area contributed by atoms with E-state index in [9.17, 15) is 4.79 Å². The summed E-state index contributed by atoms with van der Waals surface area (Å²) in [6.07, 6.45) is 1.43. The van der Waals surface area contributed by atoms with E-state index < -0.39 is 0 Å². The molecular weight excluding hydrogens is 192 g/mol. The van der Waals surface area contributed by atoms with Crippen LogP contribution in [0.5, 0.6) is 0 Å². The Morgan fingerprint density at radius 3 is 2.47 bits per heavy atom. The molecule has 0 N–H and O–H groups in total. The Hall–Kier alpha value is -1.19. The number of carbonyl (C=O) groups excluding carboxylic acids is 1. The Morgan fingerprint density at radius 2 is 1.87 bits per heavy atom. The third-order valence-electron chi connectivity index (χ3n) is 2.43. The summed E-state index contributed by atoms with van der Waals surface area (Å²) in [6, 6.07) is 10.0. The number of rotatable bonds is 3. The molecule has 0 spiro atoms. The molecule has 0 aliphatic carbocycles.